The lowest BCUT2D eigenvalue weighted by Crippen LogP contribution is -2.01. The van der Waals surface area contributed by atoms with Crippen molar-refractivity contribution in [1.29, 1.82) is 0 Å². The monoisotopic (exact) mass is 263 g/mol. The van der Waals surface area contributed by atoms with Crippen LogP contribution in [0, 0.1) is 6.92 Å². The Hall–Kier alpha value is -2.42. The number of aryl methyl sites for hydroxylation is 1. The zero-order valence-electron chi connectivity index (χ0n) is 11.7. The molecule has 100 valence electrons. The summed E-state index contributed by atoms with van der Waals surface area (Å²) in [6.45, 7) is 4.10. The van der Waals surface area contributed by atoms with Crippen molar-refractivity contribution in [2.24, 2.45) is 0 Å². The van der Waals surface area contributed by atoms with Crippen LogP contribution in [0.25, 0.3) is 17.1 Å². The summed E-state index contributed by atoms with van der Waals surface area (Å²) in [5, 5.41) is 8.58. The van der Waals surface area contributed by atoms with Crippen molar-refractivity contribution in [3.63, 3.8) is 0 Å². The van der Waals surface area contributed by atoms with Crippen LogP contribution in [-0.2, 0) is 0 Å². The van der Waals surface area contributed by atoms with Gasteiger partial charge in [0.05, 0.1) is 0 Å². The first-order chi connectivity index (χ1) is 9.75. The highest BCUT2D eigenvalue weighted by Crippen LogP contribution is 2.25. The molecular formula is C17H17N3. The highest BCUT2D eigenvalue weighted by molar-refractivity contribution is 5.64. The van der Waals surface area contributed by atoms with Gasteiger partial charge >= 0.3 is 0 Å². The summed E-state index contributed by atoms with van der Waals surface area (Å²) in [6, 6.07) is 10.2. The Kier molecular flexibility index (Phi) is 3.33. The molecule has 2 aromatic rings. The number of nitrogens with zero attached hydrogens (tertiary/aromatic N) is 3. The van der Waals surface area contributed by atoms with E-state index in [4.69, 9.17) is 0 Å². The van der Waals surface area contributed by atoms with Crippen molar-refractivity contribution in [3.05, 3.63) is 66.0 Å². The second kappa shape index (κ2) is 5.29. The van der Waals surface area contributed by atoms with Crippen LogP contribution in [0.15, 0.2) is 60.2 Å². The van der Waals surface area contributed by atoms with Crippen LogP contribution in [0.1, 0.15) is 19.2 Å². The third kappa shape index (κ3) is 2.35. The molecule has 20 heavy (non-hydrogen) atoms. The van der Waals surface area contributed by atoms with Gasteiger partial charge in [0, 0.05) is 17.7 Å². The van der Waals surface area contributed by atoms with E-state index < -0.39 is 0 Å². The third-order valence-corrected chi connectivity index (χ3v) is 3.39. The highest BCUT2D eigenvalue weighted by Gasteiger charge is 2.14. The molecule has 0 atom stereocenters. The average molecular weight is 263 g/mol. The molecule has 0 amide bonds. The maximum absolute atomic E-state index is 4.34. The van der Waals surface area contributed by atoms with Gasteiger partial charge in [-0.2, -0.15) is 0 Å². The lowest BCUT2D eigenvalue weighted by Gasteiger charge is -2.11. The smallest absolute Gasteiger partial charge is 0.168 e. The molecule has 0 radical (unpaired) electrons. The summed E-state index contributed by atoms with van der Waals surface area (Å²) in [7, 11) is 0. The maximum atomic E-state index is 4.34. The van der Waals surface area contributed by atoms with Gasteiger partial charge in [0.15, 0.2) is 5.82 Å². The molecular weight excluding hydrogens is 246 g/mol. The van der Waals surface area contributed by atoms with Gasteiger partial charge in [0.2, 0.25) is 0 Å². The quantitative estimate of drug-likeness (QED) is 0.820. The van der Waals surface area contributed by atoms with Crippen LogP contribution in [0.2, 0.25) is 0 Å². The van der Waals surface area contributed by atoms with E-state index in [-0.39, 0.29) is 0 Å². The van der Waals surface area contributed by atoms with Gasteiger partial charge in [-0.1, -0.05) is 54.1 Å². The van der Waals surface area contributed by atoms with E-state index in [9.17, 15) is 0 Å². The van der Waals surface area contributed by atoms with Crippen LogP contribution < -0.4 is 0 Å². The molecule has 0 fully saturated rings. The van der Waals surface area contributed by atoms with E-state index in [0.717, 1.165) is 23.6 Å². The molecule has 3 rings (SSSR count). The normalized spacial score (nSPS) is 14.7. The fourth-order valence-electron chi connectivity index (χ4n) is 2.36. The SMILES string of the molecule is CC1=CC=C(n2c(C)nnc2-c2ccccc2)CC=C1. The summed E-state index contributed by atoms with van der Waals surface area (Å²) >= 11 is 0. The van der Waals surface area contributed by atoms with E-state index in [2.05, 4.69) is 58.1 Å². The van der Waals surface area contributed by atoms with E-state index >= 15 is 0 Å². The molecule has 0 saturated heterocycles. The Balaban J connectivity index is 2.11. The Labute approximate surface area is 119 Å². The van der Waals surface area contributed by atoms with Gasteiger partial charge in [0.25, 0.3) is 0 Å². The van der Waals surface area contributed by atoms with Crippen LogP contribution >= 0.6 is 0 Å². The number of hydrogen-bond donors (Lipinski definition) is 0. The molecule has 3 heteroatoms. The summed E-state index contributed by atoms with van der Waals surface area (Å²) in [6.07, 6.45) is 9.49. The van der Waals surface area contributed by atoms with Crippen molar-refractivity contribution in [3.8, 4) is 11.4 Å². The van der Waals surface area contributed by atoms with E-state index in [1.54, 1.807) is 0 Å². The predicted molar refractivity (Wildman–Crippen MR) is 82.0 cm³/mol. The van der Waals surface area contributed by atoms with Gasteiger partial charge in [-0.05, 0) is 19.9 Å². The number of benzene rings is 1. The number of allylic oxidation sites excluding steroid dienone is 6. The van der Waals surface area contributed by atoms with Crippen LogP contribution in [0.3, 0.4) is 0 Å². The molecule has 1 aliphatic carbocycles. The van der Waals surface area contributed by atoms with E-state index in [1.165, 1.54) is 11.3 Å². The van der Waals surface area contributed by atoms with Crippen LogP contribution in [-0.4, -0.2) is 14.8 Å². The van der Waals surface area contributed by atoms with E-state index in [1.807, 2.05) is 25.1 Å². The molecule has 0 aliphatic heterocycles. The minimum Gasteiger partial charge on any atom is -0.283 e. The predicted octanol–water partition coefficient (Wildman–Crippen LogP) is 4.00. The maximum Gasteiger partial charge on any atom is 0.168 e. The largest absolute Gasteiger partial charge is 0.283 e. The first-order valence-electron chi connectivity index (χ1n) is 6.77. The first kappa shape index (κ1) is 12.6. The molecule has 1 aliphatic rings. The van der Waals surface area contributed by atoms with Gasteiger partial charge in [-0.3, -0.25) is 4.57 Å². The number of aromatic nitrogens is 3. The summed E-state index contributed by atoms with van der Waals surface area (Å²) in [4.78, 5) is 0. The van der Waals surface area contributed by atoms with Gasteiger partial charge < -0.3 is 0 Å². The zero-order chi connectivity index (χ0) is 13.9. The number of hydrogen-bond acceptors (Lipinski definition) is 2. The van der Waals surface area contributed by atoms with Crippen molar-refractivity contribution in [2.45, 2.75) is 20.3 Å². The minimum atomic E-state index is 0.882. The zero-order valence-corrected chi connectivity index (χ0v) is 11.7. The molecule has 1 aromatic carbocycles. The molecule has 0 N–H and O–H groups in total. The fourth-order valence-corrected chi connectivity index (χ4v) is 2.36. The van der Waals surface area contributed by atoms with Gasteiger partial charge in [-0.25, -0.2) is 0 Å². The molecule has 1 heterocycles. The van der Waals surface area contributed by atoms with Crippen molar-refractivity contribution in [2.75, 3.05) is 0 Å². The summed E-state index contributed by atoms with van der Waals surface area (Å²) in [5.41, 5.74) is 3.54. The topological polar surface area (TPSA) is 30.7 Å². The van der Waals surface area contributed by atoms with E-state index in [0.29, 0.717) is 0 Å². The Bertz CT molecular complexity index is 703. The third-order valence-electron chi connectivity index (χ3n) is 3.39. The Morgan fingerprint density at radius 1 is 1.00 bits per heavy atom. The summed E-state index contributed by atoms with van der Waals surface area (Å²) < 4.78 is 2.13. The standard InChI is InChI=1S/C17H17N3/c1-13-7-6-10-16(12-11-13)20-14(2)18-19-17(20)15-8-4-3-5-9-15/h3-9,11-12H,10H2,1-2H3. The van der Waals surface area contributed by atoms with Crippen LogP contribution in [0.5, 0.6) is 0 Å². The molecule has 3 nitrogen and oxygen atoms in total. The van der Waals surface area contributed by atoms with Crippen molar-refractivity contribution >= 4 is 5.70 Å². The molecule has 0 spiro atoms. The van der Waals surface area contributed by atoms with Crippen LogP contribution in [0.4, 0.5) is 0 Å². The first-order valence-corrected chi connectivity index (χ1v) is 6.77. The minimum absolute atomic E-state index is 0.882. The lowest BCUT2D eigenvalue weighted by atomic mass is 10.2. The molecule has 0 unspecified atom stereocenters. The van der Waals surface area contributed by atoms with Gasteiger partial charge in [0.1, 0.15) is 5.82 Å². The second-order valence-corrected chi connectivity index (χ2v) is 4.95. The van der Waals surface area contributed by atoms with Gasteiger partial charge in [-0.15, -0.1) is 10.2 Å². The fraction of sp³-hybridized carbons (Fsp3) is 0.176. The molecule has 0 saturated carbocycles. The lowest BCUT2D eigenvalue weighted by molar-refractivity contribution is 0.967. The van der Waals surface area contributed by atoms with Crippen molar-refractivity contribution in [1.82, 2.24) is 14.8 Å². The molecule has 0 bridgehead atoms. The Morgan fingerprint density at radius 2 is 1.80 bits per heavy atom. The average Bonchev–Trinajstić information content (AvgIpc) is 2.72. The highest BCUT2D eigenvalue weighted by atomic mass is 15.3. The molecule has 1 aromatic heterocycles. The Morgan fingerprint density at radius 3 is 2.60 bits per heavy atom. The summed E-state index contributed by atoms with van der Waals surface area (Å²) in [5.74, 6) is 1.81. The van der Waals surface area contributed by atoms with Crippen molar-refractivity contribution < 1.29 is 0 Å². The second-order valence-electron chi connectivity index (χ2n) is 4.95. The number of rotatable bonds is 2.